The standard InChI is InChI=1S/C22H21ClN2O4S/c1-3-29-21-7-5-4-6-20(21)24-22(26)18-14-16(10-13-19(18)23)25-30(27,28)17-11-8-15(2)9-12-17/h4-14,25H,3H2,1-2H3,(H,24,26). The third kappa shape index (κ3) is 5.11. The molecule has 3 aromatic rings. The molecule has 0 aliphatic rings. The first-order chi connectivity index (χ1) is 14.3. The molecule has 0 aliphatic heterocycles. The van der Waals surface area contributed by atoms with E-state index in [0.29, 0.717) is 18.0 Å². The van der Waals surface area contributed by atoms with Crippen LogP contribution in [0.25, 0.3) is 0 Å². The third-order valence-electron chi connectivity index (χ3n) is 4.23. The Labute approximate surface area is 180 Å². The maximum atomic E-state index is 12.8. The predicted molar refractivity (Wildman–Crippen MR) is 119 cm³/mol. The van der Waals surface area contributed by atoms with Crippen LogP contribution >= 0.6 is 11.6 Å². The summed E-state index contributed by atoms with van der Waals surface area (Å²) in [5, 5.41) is 2.95. The molecular weight excluding hydrogens is 424 g/mol. The molecule has 0 atom stereocenters. The van der Waals surface area contributed by atoms with Crippen molar-refractivity contribution < 1.29 is 17.9 Å². The molecular formula is C22H21ClN2O4S. The van der Waals surface area contributed by atoms with Crippen LogP contribution in [0.15, 0.2) is 71.6 Å². The highest BCUT2D eigenvalue weighted by Gasteiger charge is 2.17. The molecule has 3 aromatic carbocycles. The summed E-state index contributed by atoms with van der Waals surface area (Å²) in [5.74, 6) is 0.0456. The number of carbonyl (C=O) groups excluding carboxylic acids is 1. The van der Waals surface area contributed by atoms with Crippen molar-refractivity contribution in [1.82, 2.24) is 0 Å². The summed E-state index contributed by atoms with van der Waals surface area (Å²) in [4.78, 5) is 12.9. The Morgan fingerprint density at radius 1 is 1.03 bits per heavy atom. The van der Waals surface area contributed by atoms with E-state index < -0.39 is 15.9 Å². The highest BCUT2D eigenvalue weighted by Crippen LogP contribution is 2.27. The zero-order valence-electron chi connectivity index (χ0n) is 16.5. The minimum absolute atomic E-state index is 0.125. The van der Waals surface area contributed by atoms with Crippen LogP contribution in [-0.4, -0.2) is 20.9 Å². The second kappa shape index (κ2) is 9.19. The Hall–Kier alpha value is -3.03. The number of rotatable bonds is 7. The molecule has 8 heteroatoms. The first-order valence-corrected chi connectivity index (χ1v) is 11.1. The van der Waals surface area contributed by atoms with Gasteiger partial charge in [-0.25, -0.2) is 8.42 Å². The normalized spacial score (nSPS) is 11.0. The van der Waals surface area contributed by atoms with Gasteiger partial charge in [0.2, 0.25) is 0 Å². The van der Waals surface area contributed by atoms with Gasteiger partial charge in [0.15, 0.2) is 0 Å². The SMILES string of the molecule is CCOc1ccccc1NC(=O)c1cc(NS(=O)(=O)c2ccc(C)cc2)ccc1Cl. The predicted octanol–water partition coefficient (Wildman–Crippen LogP) is 5.10. The summed E-state index contributed by atoms with van der Waals surface area (Å²) in [5.41, 5.74) is 1.80. The van der Waals surface area contributed by atoms with Gasteiger partial charge in [-0.1, -0.05) is 41.4 Å². The van der Waals surface area contributed by atoms with Crippen LogP contribution in [0.4, 0.5) is 11.4 Å². The fourth-order valence-corrected chi connectivity index (χ4v) is 3.99. The molecule has 0 aliphatic carbocycles. The number of sulfonamides is 1. The topological polar surface area (TPSA) is 84.5 Å². The van der Waals surface area contributed by atoms with E-state index in [1.54, 1.807) is 36.4 Å². The Bertz CT molecular complexity index is 1160. The number of anilines is 2. The van der Waals surface area contributed by atoms with Crippen molar-refractivity contribution in [1.29, 1.82) is 0 Å². The maximum Gasteiger partial charge on any atom is 0.261 e. The number of aryl methyl sites for hydroxylation is 1. The van der Waals surface area contributed by atoms with Crippen LogP contribution in [0.2, 0.25) is 5.02 Å². The molecule has 0 fully saturated rings. The van der Waals surface area contributed by atoms with E-state index in [1.165, 1.54) is 30.3 Å². The minimum atomic E-state index is -3.80. The zero-order valence-corrected chi connectivity index (χ0v) is 18.0. The molecule has 0 saturated carbocycles. The quantitative estimate of drug-likeness (QED) is 0.531. The van der Waals surface area contributed by atoms with Gasteiger partial charge in [0.05, 0.1) is 27.8 Å². The number of hydrogen-bond acceptors (Lipinski definition) is 4. The van der Waals surface area contributed by atoms with Crippen molar-refractivity contribution in [3.8, 4) is 5.75 Å². The summed E-state index contributed by atoms with van der Waals surface area (Å²) in [6.07, 6.45) is 0. The Morgan fingerprint density at radius 3 is 2.43 bits per heavy atom. The van der Waals surface area contributed by atoms with Gasteiger partial charge in [-0.15, -0.1) is 0 Å². The summed E-state index contributed by atoms with van der Waals surface area (Å²) in [6, 6.07) is 17.9. The van der Waals surface area contributed by atoms with E-state index >= 15 is 0 Å². The van der Waals surface area contributed by atoms with E-state index in [2.05, 4.69) is 10.0 Å². The van der Waals surface area contributed by atoms with Crippen LogP contribution in [0, 0.1) is 6.92 Å². The lowest BCUT2D eigenvalue weighted by molar-refractivity contribution is 0.102. The van der Waals surface area contributed by atoms with Crippen molar-refractivity contribution in [3.63, 3.8) is 0 Å². The third-order valence-corrected chi connectivity index (χ3v) is 5.96. The Morgan fingerprint density at radius 2 is 1.73 bits per heavy atom. The van der Waals surface area contributed by atoms with E-state index in [1.807, 2.05) is 13.8 Å². The van der Waals surface area contributed by atoms with Gasteiger partial charge < -0.3 is 10.1 Å². The van der Waals surface area contributed by atoms with Crippen molar-refractivity contribution in [2.24, 2.45) is 0 Å². The lowest BCUT2D eigenvalue weighted by atomic mass is 10.2. The molecule has 0 radical (unpaired) electrons. The Kier molecular flexibility index (Phi) is 6.64. The minimum Gasteiger partial charge on any atom is -0.492 e. The van der Waals surface area contributed by atoms with Gasteiger partial charge in [-0.3, -0.25) is 9.52 Å². The fourth-order valence-electron chi connectivity index (χ4n) is 2.74. The molecule has 0 unspecified atom stereocenters. The number of halogens is 1. The van der Waals surface area contributed by atoms with Crippen LogP contribution in [0.1, 0.15) is 22.8 Å². The van der Waals surface area contributed by atoms with Crippen LogP contribution in [-0.2, 0) is 10.0 Å². The number of hydrogen-bond donors (Lipinski definition) is 2. The second-order valence-corrected chi connectivity index (χ2v) is 8.59. The van der Waals surface area contributed by atoms with Crippen molar-refractivity contribution in [2.45, 2.75) is 18.7 Å². The number of benzene rings is 3. The fraction of sp³-hybridized carbons (Fsp3) is 0.136. The lowest BCUT2D eigenvalue weighted by Crippen LogP contribution is -2.16. The Balaban J connectivity index is 1.85. The monoisotopic (exact) mass is 444 g/mol. The molecule has 30 heavy (non-hydrogen) atoms. The highest BCUT2D eigenvalue weighted by molar-refractivity contribution is 7.92. The van der Waals surface area contributed by atoms with Crippen molar-refractivity contribution in [3.05, 3.63) is 82.9 Å². The molecule has 0 heterocycles. The number of ether oxygens (including phenoxy) is 1. The van der Waals surface area contributed by atoms with E-state index in [-0.39, 0.29) is 21.2 Å². The molecule has 0 spiro atoms. The molecule has 0 bridgehead atoms. The summed E-state index contributed by atoms with van der Waals surface area (Å²) >= 11 is 6.19. The van der Waals surface area contributed by atoms with Gasteiger partial charge in [-0.05, 0) is 56.3 Å². The first kappa shape index (κ1) is 21.7. The average Bonchev–Trinajstić information content (AvgIpc) is 2.71. The lowest BCUT2D eigenvalue weighted by Gasteiger charge is -2.13. The number of nitrogens with one attached hydrogen (secondary N) is 2. The molecule has 2 N–H and O–H groups in total. The van der Waals surface area contributed by atoms with Gasteiger partial charge >= 0.3 is 0 Å². The van der Waals surface area contributed by atoms with Gasteiger partial charge in [-0.2, -0.15) is 0 Å². The molecule has 1 amide bonds. The van der Waals surface area contributed by atoms with E-state index in [9.17, 15) is 13.2 Å². The van der Waals surface area contributed by atoms with Gasteiger partial charge in [0, 0.05) is 5.69 Å². The maximum absolute atomic E-state index is 12.8. The number of amides is 1. The van der Waals surface area contributed by atoms with Crippen molar-refractivity contribution in [2.75, 3.05) is 16.6 Å². The average molecular weight is 445 g/mol. The molecule has 0 aromatic heterocycles. The largest absolute Gasteiger partial charge is 0.492 e. The smallest absolute Gasteiger partial charge is 0.261 e. The summed E-state index contributed by atoms with van der Waals surface area (Å²) in [6.45, 7) is 4.17. The summed E-state index contributed by atoms with van der Waals surface area (Å²) in [7, 11) is -3.80. The second-order valence-electron chi connectivity index (χ2n) is 6.50. The molecule has 3 rings (SSSR count). The van der Waals surface area contributed by atoms with Gasteiger partial charge in [0.25, 0.3) is 15.9 Å². The van der Waals surface area contributed by atoms with Gasteiger partial charge in [0.1, 0.15) is 5.75 Å². The van der Waals surface area contributed by atoms with E-state index in [0.717, 1.165) is 5.56 Å². The van der Waals surface area contributed by atoms with Crippen LogP contribution in [0.5, 0.6) is 5.75 Å². The first-order valence-electron chi connectivity index (χ1n) is 9.22. The number of para-hydroxylation sites is 2. The van der Waals surface area contributed by atoms with Crippen molar-refractivity contribution >= 4 is 38.9 Å². The molecule has 6 nitrogen and oxygen atoms in total. The molecule has 0 saturated heterocycles. The number of carbonyl (C=O) groups is 1. The zero-order chi connectivity index (χ0) is 21.7. The van der Waals surface area contributed by atoms with Crippen LogP contribution in [0.3, 0.4) is 0 Å². The van der Waals surface area contributed by atoms with Crippen LogP contribution < -0.4 is 14.8 Å². The van der Waals surface area contributed by atoms with E-state index in [4.69, 9.17) is 16.3 Å². The highest BCUT2D eigenvalue weighted by atomic mass is 35.5. The summed E-state index contributed by atoms with van der Waals surface area (Å²) < 4.78 is 33.2. The molecule has 156 valence electrons.